The van der Waals surface area contributed by atoms with Crippen LogP contribution in [0.3, 0.4) is 0 Å². The Hall–Kier alpha value is -1.86. The third kappa shape index (κ3) is 2.88. The predicted molar refractivity (Wildman–Crippen MR) is 65.3 cm³/mol. The predicted octanol–water partition coefficient (Wildman–Crippen LogP) is 0.604. The van der Waals surface area contributed by atoms with Crippen LogP contribution in [-0.2, 0) is 23.6 Å². The Morgan fingerprint density at radius 1 is 1.44 bits per heavy atom. The normalized spacial score (nSPS) is 11.6. The molecule has 1 aromatic heterocycles. The molecule has 7 heteroatoms. The molecule has 0 saturated heterocycles. The standard InChI is InChI=1S/C11H13N3O3S/c1-14-7-11(12-8-14)18(16,17)13-6-9-3-2-4-10(15)5-9/h2-5,7-8,13,15H,6H2,1H3. The minimum atomic E-state index is -3.61. The van der Waals surface area contributed by atoms with Crippen molar-refractivity contribution in [2.75, 3.05) is 0 Å². The van der Waals surface area contributed by atoms with E-state index in [0.717, 1.165) is 0 Å². The zero-order valence-electron chi connectivity index (χ0n) is 9.74. The summed E-state index contributed by atoms with van der Waals surface area (Å²) in [6, 6.07) is 6.40. The number of benzene rings is 1. The summed E-state index contributed by atoms with van der Waals surface area (Å²) in [4.78, 5) is 3.78. The highest BCUT2D eigenvalue weighted by atomic mass is 32.2. The number of aryl methyl sites for hydroxylation is 1. The Kier molecular flexibility index (Phi) is 3.35. The smallest absolute Gasteiger partial charge is 0.259 e. The molecular weight excluding hydrogens is 254 g/mol. The summed E-state index contributed by atoms with van der Waals surface area (Å²) < 4.78 is 27.7. The number of hydrogen-bond donors (Lipinski definition) is 2. The van der Waals surface area contributed by atoms with Crippen LogP contribution in [-0.4, -0.2) is 23.1 Å². The molecule has 6 nitrogen and oxygen atoms in total. The first-order chi connectivity index (χ1) is 8.47. The van der Waals surface area contributed by atoms with Crippen molar-refractivity contribution in [1.29, 1.82) is 0 Å². The van der Waals surface area contributed by atoms with E-state index in [9.17, 15) is 13.5 Å². The lowest BCUT2D eigenvalue weighted by Gasteiger charge is -2.04. The third-order valence-corrected chi connectivity index (χ3v) is 3.62. The molecule has 18 heavy (non-hydrogen) atoms. The van der Waals surface area contributed by atoms with Crippen molar-refractivity contribution in [2.24, 2.45) is 7.05 Å². The van der Waals surface area contributed by atoms with Gasteiger partial charge in [-0.25, -0.2) is 18.1 Å². The van der Waals surface area contributed by atoms with Crippen LogP contribution in [0.2, 0.25) is 0 Å². The van der Waals surface area contributed by atoms with Crippen molar-refractivity contribution in [1.82, 2.24) is 14.3 Å². The molecule has 0 aliphatic carbocycles. The molecule has 96 valence electrons. The molecule has 0 unspecified atom stereocenters. The molecule has 2 aromatic rings. The highest BCUT2D eigenvalue weighted by molar-refractivity contribution is 7.89. The summed E-state index contributed by atoms with van der Waals surface area (Å²) in [5, 5.41) is 9.25. The van der Waals surface area contributed by atoms with E-state index in [1.165, 1.54) is 24.7 Å². The van der Waals surface area contributed by atoms with Crippen molar-refractivity contribution in [2.45, 2.75) is 11.6 Å². The van der Waals surface area contributed by atoms with Gasteiger partial charge in [-0.15, -0.1) is 0 Å². The largest absolute Gasteiger partial charge is 0.508 e. The van der Waals surface area contributed by atoms with Crippen LogP contribution in [0.4, 0.5) is 0 Å². The maximum atomic E-state index is 11.9. The van der Waals surface area contributed by atoms with E-state index in [1.54, 1.807) is 23.7 Å². The fourth-order valence-corrected chi connectivity index (χ4v) is 2.44. The maximum absolute atomic E-state index is 11.9. The zero-order chi connectivity index (χ0) is 13.2. The first-order valence-corrected chi connectivity index (χ1v) is 6.71. The second-order valence-electron chi connectivity index (χ2n) is 3.87. The molecule has 0 atom stereocenters. The van der Waals surface area contributed by atoms with Gasteiger partial charge in [-0.05, 0) is 17.7 Å². The number of nitrogens with zero attached hydrogens (tertiary/aromatic N) is 2. The van der Waals surface area contributed by atoms with E-state index in [2.05, 4.69) is 9.71 Å². The highest BCUT2D eigenvalue weighted by Gasteiger charge is 2.16. The second-order valence-corrected chi connectivity index (χ2v) is 5.59. The summed E-state index contributed by atoms with van der Waals surface area (Å²) >= 11 is 0. The van der Waals surface area contributed by atoms with Crippen LogP contribution in [0.25, 0.3) is 0 Å². The number of nitrogens with one attached hydrogen (secondary N) is 1. The van der Waals surface area contributed by atoms with E-state index >= 15 is 0 Å². The molecule has 0 bridgehead atoms. The molecule has 2 N–H and O–H groups in total. The molecule has 0 fully saturated rings. The molecule has 0 radical (unpaired) electrons. The molecular formula is C11H13N3O3S. The van der Waals surface area contributed by atoms with Crippen LogP contribution >= 0.6 is 0 Å². The molecule has 2 rings (SSSR count). The fourth-order valence-electron chi connectivity index (χ4n) is 1.45. The molecule has 0 aliphatic rings. The van der Waals surface area contributed by atoms with E-state index < -0.39 is 10.0 Å². The monoisotopic (exact) mass is 267 g/mol. The molecule has 0 amide bonds. The third-order valence-electron chi connectivity index (χ3n) is 2.33. The lowest BCUT2D eigenvalue weighted by atomic mass is 10.2. The molecule has 1 aromatic carbocycles. The topological polar surface area (TPSA) is 84.2 Å². The van der Waals surface area contributed by atoms with Crippen molar-refractivity contribution >= 4 is 10.0 Å². The van der Waals surface area contributed by atoms with Crippen molar-refractivity contribution in [3.8, 4) is 5.75 Å². The van der Waals surface area contributed by atoms with E-state index in [-0.39, 0.29) is 17.3 Å². The number of aromatic nitrogens is 2. The first kappa shape index (κ1) is 12.6. The SMILES string of the molecule is Cn1cnc(S(=O)(=O)NCc2cccc(O)c2)c1. The maximum Gasteiger partial charge on any atom is 0.259 e. The van der Waals surface area contributed by atoms with Gasteiger partial charge in [0.15, 0.2) is 5.03 Å². The number of phenols is 1. The van der Waals surface area contributed by atoms with Crippen molar-refractivity contribution in [3.05, 3.63) is 42.4 Å². The van der Waals surface area contributed by atoms with Gasteiger partial charge in [0.05, 0.1) is 6.33 Å². The van der Waals surface area contributed by atoms with Gasteiger partial charge in [0.25, 0.3) is 10.0 Å². The van der Waals surface area contributed by atoms with Gasteiger partial charge in [-0.3, -0.25) is 0 Å². The van der Waals surface area contributed by atoms with Crippen LogP contribution < -0.4 is 4.72 Å². The average Bonchev–Trinajstić information content (AvgIpc) is 2.74. The lowest BCUT2D eigenvalue weighted by molar-refractivity contribution is 0.474. The summed E-state index contributed by atoms with van der Waals surface area (Å²) in [5.74, 6) is 0.101. The second kappa shape index (κ2) is 4.79. The first-order valence-electron chi connectivity index (χ1n) is 5.23. The Labute approximate surface area is 105 Å². The quantitative estimate of drug-likeness (QED) is 0.849. The van der Waals surface area contributed by atoms with Crippen LogP contribution in [0.1, 0.15) is 5.56 Å². The number of imidazole rings is 1. The molecule has 0 saturated carbocycles. The summed E-state index contributed by atoms with van der Waals surface area (Å²) in [6.45, 7) is 0.104. The van der Waals surface area contributed by atoms with E-state index in [0.29, 0.717) is 5.56 Å². The average molecular weight is 267 g/mol. The number of hydrogen-bond acceptors (Lipinski definition) is 4. The Balaban J connectivity index is 2.10. The number of sulfonamides is 1. The lowest BCUT2D eigenvalue weighted by Crippen LogP contribution is -2.23. The van der Waals surface area contributed by atoms with Gasteiger partial charge < -0.3 is 9.67 Å². The van der Waals surface area contributed by atoms with Crippen molar-refractivity contribution in [3.63, 3.8) is 0 Å². The summed E-state index contributed by atoms with van der Waals surface area (Å²) in [6.07, 6.45) is 2.84. The summed E-state index contributed by atoms with van der Waals surface area (Å²) in [5.41, 5.74) is 0.675. The van der Waals surface area contributed by atoms with Gasteiger partial charge in [-0.2, -0.15) is 0 Å². The minimum absolute atomic E-state index is 0.0230. The molecule has 0 spiro atoms. The minimum Gasteiger partial charge on any atom is -0.508 e. The molecule has 1 heterocycles. The van der Waals surface area contributed by atoms with Gasteiger partial charge in [0.1, 0.15) is 5.75 Å². The Morgan fingerprint density at radius 2 is 2.22 bits per heavy atom. The van der Waals surface area contributed by atoms with Crippen LogP contribution in [0, 0.1) is 0 Å². The van der Waals surface area contributed by atoms with E-state index in [4.69, 9.17) is 0 Å². The number of rotatable bonds is 4. The Morgan fingerprint density at radius 3 is 2.83 bits per heavy atom. The van der Waals surface area contributed by atoms with Gasteiger partial charge in [0, 0.05) is 19.8 Å². The van der Waals surface area contributed by atoms with E-state index in [1.807, 2.05) is 0 Å². The number of phenolic OH excluding ortho intramolecular Hbond substituents is 1. The molecule has 0 aliphatic heterocycles. The van der Waals surface area contributed by atoms with Crippen LogP contribution in [0.15, 0.2) is 41.8 Å². The van der Waals surface area contributed by atoms with Gasteiger partial charge in [-0.1, -0.05) is 12.1 Å². The van der Waals surface area contributed by atoms with Gasteiger partial charge >= 0.3 is 0 Å². The van der Waals surface area contributed by atoms with Crippen LogP contribution in [0.5, 0.6) is 5.75 Å². The fraction of sp³-hybridized carbons (Fsp3) is 0.182. The zero-order valence-corrected chi connectivity index (χ0v) is 10.6. The highest BCUT2D eigenvalue weighted by Crippen LogP contribution is 2.11. The number of aromatic hydroxyl groups is 1. The summed E-state index contributed by atoms with van der Waals surface area (Å²) in [7, 11) is -1.92. The van der Waals surface area contributed by atoms with Gasteiger partial charge in [0.2, 0.25) is 0 Å². The Bertz CT molecular complexity index is 649. The van der Waals surface area contributed by atoms with Crippen molar-refractivity contribution < 1.29 is 13.5 Å².